The first-order valence-corrected chi connectivity index (χ1v) is 12.0. The van der Waals surface area contributed by atoms with E-state index in [2.05, 4.69) is 11.9 Å². The number of carbonyl (C=O) groups is 1. The van der Waals surface area contributed by atoms with Gasteiger partial charge in [0.15, 0.2) is 5.16 Å². The Kier molecular flexibility index (Phi) is 6.20. The van der Waals surface area contributed by atoms with E-state index in [1.807, 2.05) is 50.2 Å². The Morgan fingerprint density at radius 3 is 2.77 bits per heavy atom. The molecule has 6 nitrogen and oxygen atoms in total. The highest BCUT2D eigenvalue weighted by Gasteiger charge is 2.25. The van der Waals surface area contributed by atoms with Crippen LogP contribution in [0, 0.1) is 0 Å². The van der Waals surface area contributed by atoms with Gasteiger partial charge >= 0.3 is 0 Å². The van der Waals surface area contributed by atoms with Gasteiger partial charge < -0.3 is 10.2 Å². The van der Waals surface area contributed by atoms with E-state index in [0.29, 0.717) is 11.7 Å². The van der Waals surface area contributed by atoms with Crippen molar-refractivity contribution in [3.63, 3.8) is 0 Å². The van der Waals surface area contributed by atoms with E-state index < -0.39 is 5.25 Å². The summed E-state index contributed by atoms with van der Waals surface area (Å²) in [5.74, 6) is -0.129. The van der Waals surface area contributed by atoms with Crippen LogP contribution >= 0.6 is 23.1 Å². The summed E-state index contributed by atoms with van der Waals surface area (Å²) >= 11 is 2.92. The second-order valence-corrected chi connectivity index (χ2v) is 10.2. The fourth-order valence-corrected chi connectivity index (χ4v) is 5.96. The number of nitrogens with zero attached hydrogens (tertiary/aromatic N) is 3. The third kappa shape index (κ3) is 4.27. The standard InChI is InChI=1S/C23H26N4O2S2/c1-5-13-27-22(29)19-17-7-6-8-18(17)31-21(19)25-23(27)30-14(2)20(28)24-15-9-11-16(12-10-15)26(3)4/h5,9-12,14H,1,6-8,13H2,2-4H3,(H,24,28)/t14-/m1/s1. The number of anilines is 2. The molecule has 0 aliphatic heterocycles. The summed E-state index contributed by atoms with van der Waals surface area (Å²) in [5, 5.41) is 3.85. The maximum Gasteiger partial charge on any atom is 0.263 e. The third-order valence-electron chi connectivity index (χ3n) is 5.40. The molecule has 0 radical (unpaired) electrons. The average molecular weight is 455 g/mol. The van der Waals surface area contributed by atoms with Gasteiger partial charge in [0.25, 0.3) is 5.56 Å². The Hall–Kier alpha value is -2.58. The zero-order valence-corrected chi connectivity index (χ0v) is 19.6. The van der Waals surface area contributed by atoms with Gasteiger partial charge in [-0.1, -0.05) is 17.8 Å². The minimum Gasteiger partial charge on any atom is -0.378 e. The van der Waals surface area contributed by atoms with Gasteiger partial charge in [0.1, 0.15) is 4.83 Å². The average Bonchev–Trinajstić information content (AvgIpc) is 3.32. The van der Waals surface area contributed by atoms with Crippen LogP contribution in [-0.2, 0) is 24.2 Å². The summed E-state index contributed by atoms with van der Waals surface area (Å²) in [6, 6.07) is 7.69. The van der Waals surface area contributed by atoms with Crippen molar-refractivity contribution in [2.45, 2.75) is 43.1 Å². The van der Waals surface area contributed by atoms with Crippen LogP contribution in [-0.4, -0.2) is 34.8 Å². The Bertz CT molecular complexity index is 1190. The maximum atomic E-state index is 13.3. The van der Waals surface area contributed by atoms with Crippen molar-refractivity contribution in [2.24, 2.45) is 0 Å². The van der Waals surface area contributed by atoms with Crippen LogP contribution < -0.4 is 15.8 Å². The molecule has 31 heavy (non-hydrogen) atoms. The molecule has 8 heteroatoms. The van der Waals surface area contributed by atoms with Gasteiger partial charge in [0.2, 0.25) is 5.91 Å². The van der Waals surface area contributed by atoms with Crippen molar-refractivity contribution in [3.8, 4) is 0 Å². The Morgan fingerprint density at radius 1 is 1.35 bits per heavy atom. The quantitative estimate of drug-likeness (QED) is 0.327. The molecule has 0 fully saturated rings. The second kappa shape index (κ2) is 8.88. The van der Waals surface area contributed by atoms with Crippen LogP contribution in [0.1, 0.15) is 23.8 Å². The first kappa shape index (κ1) is 21.6. The third-order valence-corrected chi connectivity index (χ3v) is 7.68. The van der Waals surface area contributed by atoms with Crippen LogP contribution in [0.3, 0.4) is 0 Å². The van der Waals surface area contributed by atoms with Gasteiger partial charge in [-0.3, -0.25) is 14.2 Å². The topological polar surface area (TPSA) is 67.2 Å². The fraction of sp³-hybridized carbons (Fsp3) is 0.348. The molecule has 3 aromatic rings. The SMILES string of the molecule is C=CCn1c(S[C@H](C)C(=O)Nc2ccc(N(C)C)cc2)nc2sc3c(c2c1=O)CCC3. The number of allylic oxidation sites excluding steroid dienone is 1. The highest BCUT2D eigenvalue weighted by atomic mass is 32.2. The van der Waals surface area contributed by atoms with E-state index in [4.69, 9.17) is 4.98 Å². The number of carbonyl (C=O) groups excluding carboxylic acids is 1. The highest BCUT2D eigenvalue weighted by molar-refractivity contribution is 8.00. The van der Waals surface area contributed by atoms with Gasteiger partial charge in [-0.2, -0.15) is 0 Å². The molecule has 0 unspecified atom stereocenters. The largest absolute Gasteiger partial charge is 0.378 e. The van der Waals surface area contributed by atoms with E-state index in [-0.39, 0.29) is 11.5 Å². The lowest BCUT2D eigenvalue weighted by molar-refractivity contribution is -0.115. The molecule has 1 N–H and O–H groups in total. The molecule has 0 bridgehead atoms. The normalized spacial score (nSPS) is 13.8. The number of rotatable bonds is 7. The van der Waals surface area contributed by atoms with E-state index >= 15 is 0 Å². The summed E-state index contributed by atoms with van der Waals surface area (Å²) in [7, 11) is 3.95. The summed E-state index contributed by atoms with van der Waals surface area (Å²) in [5.41, 5.74) is 2.94. The minimum atomic E-state index is -0.416. The van der Waals surface area contributed by atoms with E-state index in [9.17, 15) is 9.59 Å². The van der Waals surface area contributed by atoms with Crippen LogP contribution in [0.2, 0.25) is 0 Å². The van der Waals surface area contributed by atoms with Crippen LogP contribution in [0.5, 0.6) is 0 Å². The zero-order valence-electron chi connectivity index (χ0n) is 18.0. The number of aryl methyl sites for hydroxylation is 2. The number of nitrogens with one attached hydrogen (secondary N) is 1. The highest BCUT2D eigenvalue weighted by Crippen LogP contribution is 2.36. The molecule has 0 saturated carbocycles. The lowest BCUT2D eigenvalue weighted by Gasteiger charge is -2.16. The predicted octanol–water partition coefficient (Wildman–Crippen LogP) is 4.32. The zero-order chi connectivity index (χ0) is 22.1. The molecule has 2 aromatic heterocycles. The number of benzene rings is 1. The number of hydrogen-bond donors (Lipinski definition) is 1. The van der Waals surface area contributed by atoms with Gasteiger partial charge in [0, 0.05) is 36.9 Å². The number of thioether (sulfide) groups is 1. The minimum absolute atomic E-state index is 0.0290. The molecule has 162 valence electrons. The molecular weight excluding hydrogens is 428 g/mol. The summed E-state index contributed by atoms with van der Waals surface area (Å²) in [4.78, 5) is 34.9. The van der Waals surface area contributed by atoms with Crippen molar-refractivity contribution in [1.82, 2.24) is 9.55 Å². The van der Waals surface area contributed by atoms with Crippen LogP contribution in [0.4, 0.5) is 11.4 Å². The first-order valence-electron chi connectivity index (χ1n) is 10.3. The summed E-state index contributed by atoms with van der Waals surface area (Å²) in [6.07, 6.45) is 4.76. The number of hydrogen-bond acceptors (Lipinski definition) is 6. The second-order valence-electron chi connectivity index (χ2n) is 7.83. The van der Waals surface area contributed by atoms with Crippen LogP contribution in [0.15, 0.2) is 46.9 Å². The lowest BCUT2D eigenvalue weighted by Crippen LogP contribution is -2.26. The Balaban J connectivity index is 1.58. The maximum absolute atomic E-state index is 13.3. The van der Waals surface area contributed by atoms with Gasteiger partial charge in [-0.05, 0) is 56.0 Å². The predicted molar refractivity (Wildman–Crippen MR) is 131 cm³/mol. The Labute approximate surface area is 190 Å². The smallest absolute Gasteiger partial charge is 0.263 e. The van der Waals surface area contributed by atoms with Crippen molar-refractivity contribution in [1.29, 1.82) is 0 Å². The van der Waals surface area contributed by atoms with Gasteiger partial charge in [-0.25, -0.2) is 4.98 Å². The van der Waals surface area contributed by atoms with Gasteiger partial charge in [-0.15, -0.1) is 17.9 Å². The molecule has 4 rings (SSSR count). The van der Waals surface area contributed by atoms with Gasteiger partial charge in [0.05, 0.1) is 10.6 Å². The van der Waals surface area contributed by atoms with E-state index in [1.54, 1.807) is 22.0 Å². The first-order chi connectivity index (χ1) is 14.9. The fourth-order valence-electron chi connectivity index (χ4n) is 3.74. The molecular formula is C23H26N4O2S2. The molecule has 1 aromatic carbocycles. The molecule has 1 aliphatic rings. The molecule has 2 heterocycles. The lowest BCUT2D eigenvalue weighted by atomic mass is 10.2. The van der Waals surface area contributed by atoms with Crippen LogP contribution in [0.25, 0.3) is 10.2 Å². The van der Waals surface area contributed by atoms with Crippen molar-refractivity contribution in [3.05, 3.63) is 57.7 Å². The molecule has 1 atom stereocenters. The number of aromatic nitrogens is 2. The van der Waals surface area contributed by atoms with Crippen molar-refractivity contribution in [2.75, 3.05) is 24.3 Å². The monoisotopic (exact) mass is 454 g/mol. The van der Waals surface area contributed by atoms with Crippen molar-refractivity contribution < 1.29 is 4.79 Å². The molecule has 1 amide bonds. The summed E-state index contributed by atoms with van der Waals surface area (Å²) < 4.78 is 1.64. The number of thiophene rings is 1. The van der Waals surface area contributed by atoms with E-state index in [0.717, 1.165) is 40.9 Å². The Morgan fingerprint density at radius 2 is 2.10 bits per heavy atom. The number of fused-ring (bicyclic) bond motifs is 3. The van der Waals surface area contributed by atoms with Crippen molar-refractivity contribution >= 4 is 50.6 Å². The molecule has 1 aliphatic carbocycles. The molecule has 0 spiro atoms. The van der Waals surface area contributed by atoms with E-state index in [1.165, 1.54) is 22.2 Å². The summed E-state index contributed by atoms with van der Waals surface area (Å²) in [6.45, 7) is 5.99. The number of amides is 1. The molecule has 0 saturated heterocycles.